The van der Waals surface area contributed by atoms with Crippen LogP contribution in [0.1, 0.15) is 23.0 Å². The Balaban J connectivity index is 2.73. The lowest BCUT2D eigenvalue weighted by molar-refractivity contribution is -0.384. The molecule has 0 unspecified atom stereocenters. The van der Waals surface area contributed by atoms with Crippen LogP contribution in [0.5, 0.6) is 0 Å². The number of nitrogens with zero attached hydrogens (tertiary/aromatic N) is 1. The Labute approximate surface area is 95.6 Å². The van der Waals surface area contributed by atoms with Crippen LogP contribution in [0.3, 0.4) is 0 Å². The Kier molecular flexibility index (Phi) is 2.55. The van der Waals surface area contributed by atoms with Crippen LogP contribution in [-0.2, 0) is 6.42 Å². The molecule has 0 fully saturated rings. The average molecular weight is 235 g/mol. The number of aryl methyl sites for hydroxylation is 1. The number of nitro groups is 1. The fraction of sp³-hybridized carbons (Fsp3) is 0.182. The van der Waals surface area contributed by atoms with Crippen molar-refractivity contribution in [1.29, 1.82) is 0 Å². The first-order valence-corrected chi connectivity index (χ1v) is 4.97. The predicted molar refractivity (Wildman–Crippen MR) is 59.2 cm³/mol. The summed E-state index contributed by atoms with van der Waals surface area (Å²) in [4.78, 5) is 21.0. The summed E-state index contributed by atoms with van der Waals surface area (Å²) < 4.78 is 5.16. The molecule has 0 aliphatic heterocycles. The highest BCUT2D eigenvalue weighted by Crippen LogP contribution is 2.28. The maximum atomic E-state index is 10.8. The van der Waals surface area contributed by atoms with Crippen molar-refractivity contribution in [1.82, 2.24) is 0 Å². The summed E-state index contributed by atoms with van der Waals surface area (Å²) >= 11 is 0. The zero-order valence-electron chi connectivity index (χ0n) is 8.97. The minimum absolute atomic E-state index is 0.0629. The first kappa shape index (κ1) is 11.1. The minimum Gasteiger partial charge on any atom is -0.475 e. The van der Waals surface area contributed by atoms with Gasteiger partial charge in [0.25, 0.3) is 5.69 Å². The number of fused-ring (bicyclic) bond motifs is 1. The van der Waals surface area contributed by atoms with Crippen molar-refractivity contribution in [2.45, 2.75) is 13.3 Å². The molecular formula is C11H9NO5. The van der Waals surface area contributed by atoms with Crippen molar-refractivity contribution < 1.29 is 19.2 Å². The van der Waals surface area contributed by atoms with Crippen LogP contribution >= 0.6 is 0 Å². The molecule has 17 heavy (non-hydrogen) atoms. The van der Waals surface area contributed by atoms with Crippen molar-refractivity contribution in [3.05, 3.63) is 39.6 Å². The number of carboxylic acid groups (broad SMARTS) is 1. The Morgan fingerprint density at radius 3 is 2.71 bits per heavy atom. The Morgan fingerprint density at radius 2 is 2.18 bits per heavy atom. The molecule has 1 N–H and O–H groups in total. The number of non-ortho nitro benzene ring substituents is 1. The monoisotopic (exact) mass is 235 g/mol. The van der Waals surface area contributed by atoms with Gasteiger partial charge in [0.15, 0.2) is 0 Å². The third-order valence-corrected chi connectivity index (χ3v) is 2.48. The molecule has 6 nitrogen and oxygen atoms in total. The summed E-state index contributed by atoms with van der Waals surface area (Å²) in [6.07, 6.45) is 0.532. The molecule has 0 saturated carbocycles. The topological polar surface area (TPSA) is 93.6 Å². The van der Waals surface area contributed by atoms with Gasteiger partial charge in [0.2, 0.25) is 5.76 Å². The van der Waals surface area contributed by atoms with Gasteiger partial charge in [-0.15, -0.1) is 0 Å². The quantitative estimate of drug-likeness (QED) is 0.651. The molecule has 2 aromatic rings. The van der Waals surface area contributed by atoms with Gasteiger partial charge in [0, 0.05) is 23.1 Å². The number of nitro benzene ring substituents is 1. The number of benzene rings is 1. The predicted octanol–water partition coefficient (Wildman–Crippen LogP) is 2.60. The highest BCUT2D eigenvalue weighted by atomic mass is 16.6. The average Bonchev–Trinajstić information content (AvgIpc) is 2.71. The van der Waals surface area contributed by atoms with Gasteiger partial charge in [-0.05, 0) is 12.5 Å². The number of carboxylic acids is 1. The second-order valence-electron chi connectivity index (χ2n) is 3.55. The zero-order chi connectivity index (χ0) is 12.6. The third kappa shape index (κ3) is 1.84. The number of hydrogen-bond acceptors (Lipinski definition) is 4. The molecule has 0 spiro atoms. The molecule has 0 saturated heterocycles. The second kappa shape index (κ2) is 3.89. The van der Waals surface area contributed by atoms with Gasteiger partial charge in [-0.1, -0.05) is 6.92 Å². The van der Waals surface area contributed by atoms with Crippen LogP contribution in [0.15, 0.2) is 22.6 Å². The first-order chi connectivity index (χ1) is 8.02. The van der Waals surface area contributed by atoms with E-state index in [2.05, 4.69) is 0 Å². The Hall–Kier alpha value is -2.37. The summed E-state index contributed by atoms with van der Waals surface area (Å²) in [7, 11) is 0. The maximum absolute atomic E-state index is 10.8. The summed E-state index contributed by atoms with van der Waals surface area (Å²) in [5.41, 5.74) is 0.962. The Morgan fingerprint density at radius 1 is 1.47 bits per heavy atom. The Bertz CT molecular complexity index is 614. The van der Waals surface area contributed by atoms with Crippen molar-refractivity contribution >= 4 is 22.6 Å². The van der Waals surface area contributed by atoms with Crippen molar-refractivity contribution in [2.75, 3.05) is 0 Å². The van der Waals surface area contributed by atoms with Gasteiger partial charge in [-0.25, -0.2) is 4.79 Å². The van der Waals surface area contributed by atoms with Crippen LogP contribution in [0.2, 0.25) is 0 Å². The SMILES string of the molecule is CCc1cc([N+](=O)[O-])cc2cc(C(=O)O)oc12. The number of carbonyl (C=O) groups is 1. The van der Waals surface area contributed by atoms with E-state index < -0.39 is 10.9 Å². The number of rotatable bonds is 3. The van der Waals surface area contributed by atoms with Crippen molar-refractivity contribution in [3.8, 4) is 0 Å². The molecule has 1 aromatic heterocycles. The molecular weight excluding hydrogens is 226 g/mol. The number of aromatic carboxylic acids is 1. The summed E-state index contributed by atoms with van der Waals surface area (Å²) in [5.74, 6) is -1.40. The molecule has 88 valence electrons. The third-order valence-electron chi connectivity index (χ3n) is 2.48. The van der Waals surface area contributed by atoms with Crippen molar-refractivity contribution in [3.63, 3.8) is 0 Å². The number of hydrogen-bond donors (Lipinski definition) is 1. The molecule has 0 aliphatic rings. The van der Waals surface area contributed by atoms with Crippen LogP contribution in [-0.4, -0.2) is 16.0 Å². The van der Waals surface area contributed by atoms with Crippen LogP contribution in [0, 0.1) is 10.1 Å². The lowest BCUT2D eigenvalue weighted by atomic mass is 10.1. The van der Waals surface area contributed by atoms with E-state index in [0.717, 1.165) is 0 Å². The van der Waals surface area contributed by atoms with Gasteiger partial charge in [-0.3, -0.25) is 10.1 Å². The normalized spacial score (nSPS) is 10.6. The molecule has 2 rings (SSSR count). The molecule has 0 bridgehead atoms. The van der Waals surface area contributed by atoms with Crippen molar-refractivity contribution in [2.24, 2.45) is 0 Å². The summed E-state index contributed by atoms with van der Waals surface area (Å²) in [6, 6.07) is 4.01. The highest BCUT2D eigenvalue weighted by Gasteiger charge is 2.17. The minimum atomic E-state index is -1.19. The van der Waals surface area contributed by atoms with Gasteiger partial charge in [0.1, 0.15) is 5.58 Å². The lowest BCUT2D eigenvalue weighted by Gasteiger charge is -1.98. The highest BCUT2D eigenvalue weighted by molar-refractivity contribution is 5.93. The van der Waals surface area contributed by atoms with Gasteiger partial charge < -0.3 is 9.52 Å². The van der Waals surface area contributed by atoms with E-state index >= 15 is 0 Å². The van der Waals surface area contributed by atoms with E-state index in [4.69, 9.17) is 9.52 Å². The fourth-order valence-corrected chi connectivity index (χ4v) is 1.68. The molecule has 1 aromatic carbocycles. The van der Waals surface area contributed by atoms with E-state index in [9.17, 15) is 14.9 Å². The lowest BCUT2D eigenvalue weighted by Crippen LogP contribution is -1.91. The smallest absolute Gasteiger partial charge is 0.371 e. The van der Waals surface area contributed by atoms with E-state index in [1.54, 1.807) is 0 Å². The summed E-state index contributed by atoms with van der Waals surface area (Å²) in [6.45, 7) is 1.82. The molecule has 0 amide bonds. The van der Waals surface area contributed by atoms with Crippen LogP contribution in [0.4, 0.5) is 5.69 Å². The molecule has 0 radical (unpaired) electrons. The van der Waals surface area contributed by atoms with Gasteiger partial charge in [0.05, 0.1) is 4.92 Å². The van der Waals surface area contributed by atoms with Crippen LogP contribution in [0.25, 0.3) is 11.0 Å². The number of furan rings is 1. The molecule has 6 heteroatoms. The standard InChI is InChI=1S/C11H9NO5/c1-2-6-3-8(12(15)16)4-7-5-9(11(13)14)17-10(6)7/h3-5H,2H2,1H3,(H,13,14). The van der Waals surface area contributed by atoms with E-state index in [1.165, 1.54) is 18.2 Å². The molecule has 0 aliphatic carbocycles. The second-order valence-corrected chi connectivity index (χ2v) is 3.55. The maximum Gasteiger partial charge on any atom is 0.371 e. The summed E-state index contributed by atoms with van der Waals surface area (Å²) in [5, 5.41) is 20.0. The van der Waals surface area contributed by atoms with Gasteiger partial charge in [-0.2, -0.15) is 0 Å². The molecule has 1 heterocycles. The van der Waals surface area contributed by atoms with E-state index in [0.29, 0.717) is 23.0 Å². The van der Waals surface area contributed by atoms with Crippen LogP contribution < -0.4 is 0 Å². The largest absolute Gasteiger partial charge is 0.475 e. The first-order valence-electron chi connectivity index (χ1n) is 4.97. The van der Waals surface area contributed by atoms with Gasteiger partial charge >= 0.3 is 5.97 Å². The van der Waals surface area contributed by atoms with E-state index in [1.807, 2.05) is 6.92 Å². The van der Waals surface area contributed by atoms with E-state index in [-0.39, 0.29) is 11.4 Å². The fourth-order valence-electron chi connectivity index (χ4n) is 1.68. The molecule has 0 atom stereocenters. The zero-order valence-corrected chi connectivity index (χ0v) is 8.97.